The van der Waals surface area contributed by atoms with Crippen molar-refractivity contribution < 1.29 is 4.74 Å². The van der Waals surface area contributed by atoms with Crippen molar-refractivity contribution in [2.75, 3.05) is 13.1 Å². The Bertz CT molecular complexity index is 525. The number of ether oxygens (including phenoxy) is 1. The van der Waals surface area contributed by atoms with Crippen LogP contribution >= 0.6 is 0 Å². The topological polar surface area (TPSA) is 34.1 Å². The Labute approximate surface area is 115 Å². The molecule has 2 aromatic rings. The van der Waals surface area contributed by atoms with Crippen LogP contribution < -0.4 is 10.1 Å². The number of rotatable bonds is 6. The summed E-state index contributed by atoms with van der Waals surface area (Å²) in [6, 6.07) is 10.1. The first-order valence-corrected chi connectivity index (χ1v) is 6.93. The summed E-state index contributed by atoms with van der Waals surface area (Å²) in [6.45, 7) is 8.31. The molecule has 1 aromatic heterocycles. The Kier molecular flexibility index (Phi) is 4.74. The molecule has 0 aliphatic carbocycles. The minimum Gasteiger partial charge on any atom is -0.489 e. The summed E-state index contributed by atoms with van der Waals surface area (Å²) in [6.07, 6.45) is 1.99. The fourth-order valence-corrected chi connectivity index (χ4v) is 1.99. The first-order valence-electron chi connectivity index (χ1n) is 6.93. The van der Waals surface area contributed by atoms with E-state index in [1.165, 1.54) is 0 Å². The number of hydrogen-bond donors (Lipinski definition) is 1. The van der Waals surface area contributed by atoms with E-state index < -0.39 is 0 Å². The third kappa shape index (κ3) is 3.67. The van der Waals surface area contributed by atoms with Gasteiger partial charge in [0.05, 0.1) is 5.52 Å². The number of likely N-dealkylation sites (N-methyl/N-ethyl adjacent to an activating group) is 1. The van der Waals surface area contributed by atoms with Gasteiger partial charge in [-0.3, -0.25) is 4.98 Å². The number of benzene rings is 1. The van der Waals surface area contributed by atoms with Crippen LogP contribution in [0.25, 0.3) is 10.9 Å². The van der Waals surface area contributed by atoms with E-state index in [1.54, 1.807) is 0 Å². The minimum absolute atomic E-state index is 0.182. The van der Waals surface area contributed by atoms with Gasteiger partial charge < -0.3 is 10.1 Å². The predicted octanol–water partition coefficient (Wildman–Crippen LogP) is 3.25. The second kappa shape index (κ2) is 6.53. The Morgan fingerprint density at radius 2 is 2.11 bits per heavy atom. The first-order chi connectivity index (χ1) is 9.20. The quantitative estimate of drug-likeness (QED) is 0.863. The number of fused-ring (bicyclic) bond motifs is 1. The number of hydrogen-bond acceptors (Lipinski definition) is 3. The molecular formula is C16H22N2O. The average molecular weight is 258 g/mol. The van der Waals surface area contributed by atoms with Crippen LogP contribution in [-0.4, -0.2) is 24.2 Å². The standard InChI is InChI=1S/C16H22N2O/c1-4-17-11-16(12(2)3)19-14-8-7-13-6-5-9-18-15(13)10-14/h5-10,12,16-17H,4,11H2,1-3H3. The van der Waals surface area contributed by atoms with Crippen molar-refractivity contribution >= 4 is 10.9 Å². The van der Waals surface area contributed by atoms with Crippen LogP contribution in [0.1, 0.15) is 20.8 Å². The van der Waals surface area contributed by atoms with Crippen molar-refractivity contribution in [3.05, 3.63) is 36.5 Å². The molecule has 102 valence electrons. The summed E-state index contributed by atoms with van der Waals surface area (Å²) in [4.78, 5) is 4.36. The van der Waals surface area contributed by atoms with Crippen molar-refractivity contribution in [1.29, 1.82) is 0 Å². The number of aromatic nitrogens is 1. The zero-order valence-corrected chi connectivity index (χ0v) is 11.9. The highest BCUT2D eigenvalue weighted by Gasteiger charge is 2.14. The molecule has 3 heteroatoms. The molecule has 0 spiro atoms. The lowest BCUT2D eigenvalue weighted by atomic mass is 10.1. The second-order valence-electron chi connectivity index (χ2n) is 5.07. The second-order valence-corrected chi connectivity index (χ2v) is 5.07. The summed E-state index contributed by atoms with van der Waals surface area (Å²) in [5, 5.41) is 4.49. The van der Waals surface area contributed by atoms with Crippen LogP contribution in [0, 0.1) is 5.92 Å². The molecule has 0 amide bonds. The molecule has 1 N–H and O–H groups in total. The molecule has 3 nitrogen and oxygen atoms in total. The van der Waals surface area contributed by atoms with E-state index in [0.29, 0.717) is 5.92 Å². The van der Waals surface area contributed by atoms with E-state index in [4.69, 9.17) is 4.74 Å². The Morgan fingerprint density at radius 1 is 1.26 bits per heavy atom. The molecule has 1 unspecified atom stereocenters. The molecule has 0 fully saturated rings. The molecule has 0 saturated heterocycles. The first kappa shape index (κ1) is 13.8. The molecule has 0 saturated carbocycles. The van der Waals surface area contributed by atoms with Crippen LogP contribution in [0.4, 0.5) is 0 Å². The highest BCUT2D eigenvalue weighted by Crippen LogP contribution is 2.21. The zero-order valence-electron chi connectivity index (χ0n) is 11.9. The predicted molar refractivity (Wildman–Crippen MR) is 79.5 cm³/mol. The van der Waals surface area contributed by atoms with Crippen molar-refractivity contribution in [2.24, 2.45) is 5.92 Å². The van der Waals surface area contributed by atoms with E-state index in [-0.39, 0.29) is 6.10 Å². The van der Waals surface area contributed by atoms with Gasteiger partial charge in [-0.2, -0.15) is 0 Å². The number of nitrogens with one attached hydrogen (secondary N) is 1. The van der Waals surface area contributed by atoms with Crippen LogP contribution in [-0.2, 0) is 0 Å². The van der Waals surface area contributed by atoms with Gasteiger partial charge in [0, 0.05) is 24.2 Å². The van der Waals surface area contributed by atoms with E-state index in [2.05, 4.69) is 43.2 Å². The highest BCUT2D eigenvalue weighted by atomic mass is 16.5. The number of nitrogens with zero attached hydrogens (tertiary/aromatic N) is 1. The average Bonchev–Trinajstić information content (AvgIpc) is 2.43. The summed E-state index contributed by atoms with van der Waals surface area (Å²) < 4.78 is 6.08. The third-order valence-corrected chi connectivity index (χ3v) is 3.20. The summed E-state index contributed by atoms with van der Waals surface area (Å²) in [7, 11) is 0. The summed E-state index contributed by atoms with van der Waals surface area (Å²) >= 11 is 0. The third-order valence-electron chi connectivity index (χ3n) is 3.20. The maximum Gasteiger partial charge on any atom is 0.122 e. The van der Waals surface area contributed by atoms with Gasteiger partial charge in [0.25, 0.3) is 0 Å². The van der Waals surface area contributed by atoms with Gasteiger partial charge in [-0.15, -0.1) is 0 Å². The SMILES string of the molecule is CCNCC(Oc1ccc2cccnc2c1)C(C)C. The van der Waals surface area contributed by atoms with Crippen molar-refractivity contribution in [3.63, 3.8) is 0 Å². The largest absolute Gasteiger partial charge is 0.489 e. The van der Waals surface area contributed by atoms with Gasteiger partial charge in [0.15, 0.2) is 0 Å². The molecule has 1 atom stereocenters. The van der Waals surface area contributed by atoms with Crippen LogP contribution in [0.5, 0.6) is 5.75 Å². The van der Waals surface area contributed by atoms with E-state index in [9.17, 15) is 0 Å². The summed E-state index contributed by atoms with van der Waals surface area (Å²) in [5.74, 6) is 1.36. The molecule has 0 aliphatic rings. The molecule has 19 heavy (non-hydrogen) atoms. The molecule has 0 radical (unpaired) electrons. The van der Waals surface area contributed by atoms with Crippen molar-refractivity contribution in [2.45, 2.75) is 26.9 Å². The van der Waals surface area contributed by atoms with E-state index >= 15 is 0 Å². The zero-order chi connectivity index (χ0) is 13.7. The van der Waals surface area contributed by atoms with Gasteiger partial charge in [0.2, 0.25) is 0 Å². The van der Waals surface area contributed by atoms with Crippen molar-refractivity contribution in [1.82, 2.24) is 10.3 Å². The highest BCUT2D eigenvalue weighted by molar-refractivity contribution is 5.79. The van der Waals surface area contributed by atoms with Crippen LogP contribution in [0.3, 0.4) is 0 Å². The molecule has 0 aliphatic heterocycles. The number of pyridine rings is 1. The monoisotopic (exact) mass is 258 g/mol. The minimum atomic E-state index is 0.182. The van der Waals surface area contributed by atoms with Crippen LogP contribution in [0.15, 0.2) is 36.5 Å². The van der Waals surface area contributed by atoms with Gasteiger partial charge in [-0.25, -0.2) is 0 Å². The molecule has 2 rings (SSSR count). The lowest BCUT2D eigenvalue weighted by Crippen LogP contribution is -2.35. The maximum absolute atomic E-state index is 6.08. The smallest absolute Gasteiger partial charge is 0.122 e. The fraction of sp³-hybridized carbons (Fsp3) is 0.438. The Morgan fingerprint density at radius 3 is 2.84 bits per heavy atom. The van der Waals surface area contributed by atoms with Gasteiger partial charge in [-0.1, -0.05) is 26.8 Å². The van der Waals surface area contributed by atoms with Crippen LogP contribution in [0.2, 0.25) is 0 Å². The van der Waals surface area contributed by atoms with Crippen molar-refractivity contribution in [3.8, 4) is 5.75 Å². The van der Waals surface area contributed by atoms with Gasteiger partial charge in [-0.05, 0) is 30.7 Å². The van der Waals surface area contributed by atoms with E-state index in [1.807, 2.05) is 24.4 Å². The maximum atomic E-state index is 6.08. The van der Waals surface area contributed by atoms with Gasteiger partial charge >= 0.3 is 0 Å². The lowest BCUT2D eigenvalue weighted by Gasteiger charge is -2.23. The lowest BCUT2D eigenvalue weighted by molar-refractivity contribution is 0.150. The summed E-state index contributed by atoms with van der Waals surface area (Å²) in [5.41, 5.74) is 0.978. The molecule has 0 bridgehead atoms. The normalized spacial score (nSPS) is 12.8. The van der Waals surface area contributed by atoms with Gasteiger partial charge in [0.1, 0.15) is 11.9 Å². The molecule has 1 heterocycles. The Balaban J connectivity index is 2.14. The fourth-order valence-electron chi connectivity index (χ4n) is 1.99. The van der Waals surface area contributed by atoms with E-state index in [0.717, 1.165) is 29.7 Å². The Hall–Kier alpha value is -1.61. The molecular weight excluding hydrogens is 236 g/mol. The molecule has 1 aromatic carbocycles.